The van der Waals surface area contributed by atoms with E-state index in [1.165, 1.54) is 12.1 Å². The van der Waals surface area contributed by atoms with Crippen LogP contribution in [0.1, 0.15) is 5.56 Å². The quantitative estimate of drug-likeness (QED) is 0.603. The predicted molar refractivity (Wildman–Crippen MR) is 95.7 cm³/mol. The monoisotopic (exact) mass is 414 g/mol. The number of hydrogen-bond donors (Lipinski definition) is 1. The van der Waals surface area contributed by atoms with Gasteiger partial charge in [0, 0.05) is 10.5 Å². The van der Waals surface area contributed by atoms with Crippen molar-refractivity contribution in [2.45, 2.75) is 0 Å². The molecule has 2 aromatic rings. The van der Waals surface area contributed by atoms with Crippen molar-refractivity contribution in [3.63, 3.8) is 0 Å². The van der Waals surface area contributed by atoms with Crippen LogP contribution in [-0.4, -0.2) is 24.6 Å². The first-order chi connectivity index (χ1) is 12.5. The number of fused-ring (bicyclic) bond motifs is 1. The highest BCUT2D eigenvalue weighted by Crippen LogP contribution is 2.36. The maximum Gasteiger partial charge on any atom is 0.335 e. The molecule has 2 aromatic carbocycles. The Balaban J connectivity index is 1.74. The van der Waals surface area contributed by atoms with E-state index in [-0.39, 0.29) is 18.1 Å². The van der Waals surface area contributed by atoms with Gasteiger partial charge in [0.05, 0.1) is 5.69 Å². The summed E-state index contributed by atoms with van der Waals surface area (Å²) in [6, 6.07) is 11.0. The van der Waals surface area contributed by atoms with E-state index in [0.29, 0.717) is 17.1 Å². The van der Waals surface area contributed by atoms with Gasteiger partial charge in [-0.15, -0.1) is 0 Å². The Hall–Kier alpha value is -3.13. The molecule has 1 fully saturated rings. The molecule has 130 valence electrons. The SMILES string of the molecule is O=C1NC(=O)N(c2ccc3c(c2)OCO3)C(=O)/C1=C/c1ccccc1Br. The van der Waals surface area contributed by atoms with Crippen molar-refractivity contribution < 1.29 is 23.9 Å². The van der Waals surface area contributed by atoms with Crippen molar-refractivity contribution in [1.29, 1.82) is 0 Å². The smallest absolute Gasteiger partial charge is 0.335 e. The van der Waals surface area contributed by atoms with Gasteiger partial charge in [0.2, 0.25) is 6.79 Å². The lowest BCUT2D eigenvalue weighted by Gasteiger charge is -2.26. The van der Waals surface area contributed by atoms with E-state index < -0.39 is 17.8 Å². The average molecular weight is 415 g/mol. The third-order valence-corrected chi connectivity index (χ3v) is 4.64. The Morgan fingerprint density at radius 1 is 1.04 bits per heavy atom. The highest BCUT2D eigenvalue weighted by molar-refractivity contribution is 9.10. The van der Waals surface area contributed by atoms with Crippen molar-refractivity contribution in [3.05, 3.63) is 58.1 Å². The first-order valence-electron chi connectivity index (χ1n) is 7.60. The first-order valence-corrected chi connectivity index (χ1v) is 8.39. The van der Waals surface area contributed by atoms with Gasteiger partial charge in [0.1, 0.15) is 5.57 Å². The molecule has 1 N–H and O–H groups in total. The number of nitrogens with one attached hydrogen (secondary N) is 1. The number of urea groups is 1. The number of imide groups is 2. The molecule has 4 amide bonds. The van der Waals surface area contributed by atoms with Crippen molar-refractivity contribution in [2.24, 2.45) is 0 Å². The zero-order valence-electron chi connectivity index (χ0n) is 13.2. The van der Waals surface area contributed by atoms with Crippen molar-refractivity contribution in [1.82, 2.24) is 5.32 Å². The lowest BCUT2D eigenvalue weighted by Crippen LogP contribution is -2.54. The predicted octanol–water partition coefficient (Wildman–Crippen LogP) is 2.84. The molecule has 0 unspecified atom stereocenters. The normalized spacial score (nSPS) is 17.7. The van der Waals surface area contributed by atoms with Crippen LogP contribution in [0.5, 0.6) is 11.5 Å². The minimum absolute atomic E-state index is 0.0740. The Kier molecular flexibility index (Phi) is 3.96. The van der Waals surface area contributed by atoms with Gasteiger partial charge in [0.15, 0.2) is 11.5 Å². The molecule has 0 atom stereocenters. The number of rotatable bonds is 2. The molecule has 2 aliphatic rings. The van der Waals surface area contributed by atoms with Crippen molar-refractivity contribution in [2.75, 3.05) is 11.7 Å². The molecule has 0 bridgehead atoms. The van der Waals surface area contributed by atoms with Crippen molar-refractivity contribution >= 4 is 45.5 Å². The van der Waals surface area contributed by atoms with Crippen LogP contribution in [0.25, 0.3) is 6.08 Å². The minimum atomic E-state index is -0.817. The molecule has 2 heterocycles. The molecular weight excluding hydrogens is 404 g/mol. The van der Waals surface area contributed by atoms with Gasteiger partial charge in [-0.25, -0.2) is 9.69 Å². The minimum Gasteiger partial charge on any atom is -0.454 e. The number of nitrogens with zero attached hydrogens (tertiary/aromatic N) is 1. The number of anilines is 1. The van der Waals surface area contributed by atoms with Crippen LogP contribution < -0.4 is 19.7 Å². The standard InChI is InChI=1S/C18H11BrN2O5/c19-13-4-2-1-3-10(13)7-12-16(22)20-18(24)21(17(12)23)11-5-6-14-15(8-11)26-9-25-14/h1-8H,9H2,(H,20,22,24)/b12-7+. The van der Waals surface area contributed by atoms with Gasteiger partial charge >= 0.3 is 6.03 Å². The number of ether oxygens (including phenoxy) is 2. The van der Waals surface area contributed by atoms with Crippen LogP contribution in [-0.2, 0) is 9.59 Å². The number of barbiturate groups is 1. The summed E-state index contributed by atoms with van der Waals surface area (Å²) in [5, 5.41) is 2.19. The molecule has 8 heteroatoms. The number of carbonyl (C=O) groups is 3. The maximum absolute atomic E-state index is 12.9. The van der Waals surface area contributed by atoms with E-state index in [4.69, 9.17) is 9.47 Å². The van der Waals surface area contributed by atoms with Gasteiger partial charge < -0.3 is 9.47 Å². The molecule has 0 saturated carbocycles. The number of carbonyl (C=O) groups excluding carboxylic acids is 3. The van der Waals surface area contributed by atoms with E-state index >= 15 is 0 Å². The summed E-state index contributed by atoms with van der Waals surface area (Å²) in [6.45, 7) is 0.0740. The van der Waals surface area contributed by atoms with Gasteiger partial charge in [-0.2, -0.15) is 0 Å². The number of halogens is 1. The third-order valence-electron chi connectivity index (χ3n) is 3.92. The van der Waals surface area contributed by atoms with Gasteiger partial charge in [-0.3, -0.25) is 14.9 Å². The Bertz CT molecular complexity index is 985. The average Bonchev–Trinajstić information content (AvgIpc) is 3.08. The molecule has 4 rings (SSSR count). The van der Waals surface area contributed by atoms with E-state index in [1.54, 1.807) is 30.3 Å². The van der Waals surface area contributed by atoms with Crippen LogP contribution >= 0.6 is 15.9 Å². The molecule has 0 aromatic heterocycles. The molecule has 2 aliphatic heterocycles. The second kappa shape index (κ2) is 6.30. The van der Waals surface area contributed by atoms with E-state index in [1.807, 2.05) is 6.07 Å². The zero-order valence-corrected chi connectivity index (χ0v) is 14.8. The second-order valence-corrected chi connectivity index (χ2v) is 6.37. The summed E-state index contributed by atoms with van der Waals surface area (Å²) in [7, 11) is 0. The molecule has 26 heavy (non-hydrogen) atoms. The molecular formula is C18H11BrN2O5. The van der Waals surface area contributed by atoms with E-state index in [0.717, 1.165) is 9.37 Å². The lowest BCUT2D eigenvalue weighted by molar-refractivity contribution is -0.122. The summed E-state index contributed by atoms with van der Waals surface area (Å²) in [5.41, 5.74) is 0.780. The van der Waals surface area contributed by atoms with Gasteiger partial charge in [0.25, 0.3) is 11.8 Å². The first kappa shape index (κ1) is 16.3. The summed E-state index contributed by atoms with van der Waals surface area (Å²) < 4.78 is 11.2. The fourth-order valence-corrected chi connectivity index (χ4v) is 3.06. The molecule has 0 aliphatic carbocycles. The fraction of sp³-hybridized carbons (Fsp3) is 0.0556. The fourth-order valence-electron chi connectivity index (χ4n) is 2.66. The second-order valence-electron chi connectivity index (χ2n) is 5.52. The summed E-state index contributed by atoms with van der Waals surface area (Å²) in [4.78, 5) is 38.2. The van der Waals surface area contributed by atoms with Crippen molar-refractivity contribution in [3.8, 4) is 11.5 Å². The Morgan fingerprint density at radius 2 is 1.81 bits per heavy atom. The topological polar surface area (TPSA) is 84.9 Å². The van der Waals surface area contributed by atoms with Gasteiger partial charge in [-0.1, -0.05) is 34.1 Å². The molecule has 7 nitrogen and oxygen atoms in total. The maximum atomic E-state index is 12.9. The van der Waals surface area contributed by atoms with Crippen LogP contribution in [0.15, 0.2) is 52.5 Å². The summed E-state index contributed by atoms with van der Waals surface area (Å²) in [6.07, 6.45) is 1.44. The summed E-state index contributed by atoms with van der Waals surface area (Å²) >= 11 is 3.37. The zero-order chi connectivity index (χ0) is 18.3. The molecule has 0 radical (unpaired) electrons. The molecule has 0 spiro atoms. The van der Waals surface area contributed by atoms with E-state index in [2.05, 4.69) is 21.2 Å². The Morgan fingerprint density at radius 3 is 2.62 bits per heavy atom. The van der Waals surface area contributed by atoms with Crippen LogP contribution in [0, 0.1) is 0 Å². The highest BCUT2D eigenvalue weighted by Gasteiger charge is 2.37. The van der Waals surface area contributed by atoms with Crippen LogP contribution in [0.3, 0.4) is 0 Å². The number of benzene rings is 2. The largest absolute Gasteiger partial charge is 0.454 e. The third kappa shape index (κ3) is 2.74. The van der Waals surface area contributed by atoms with Gasteiger partial charge in [-0.05, 0) is 29.8 Å². The van der Waals surface area contributed by atoms with Crippen LogP contribution in [0.2, 0.25) is 0 Å². The Labute approximate surface area is 156 Å². The lowest BCUT2D eigenvalue weighted by atomic mass is 10.1. The van der Waals surface area contributed by atoms with Crippen LogP contribution in [0.4, 0.5) is 10.5 Å². The highest BCUT2D eigenvalue weighted by atomic mass is 79.9. The number of amides is 4. The molecule has 1 saturated heterocycles. The van der Waals surface area contributed by atoms with E-state index in [9.17, 15) is 14.4 Å². The summed E-state index contributed by atoms with van der Waals surface area (Å²) in [5.74, 6) is -0.504. The number of hydrogen-bond acceptors (Lipinski definition) is 5.